The minimum atomic E-state index is -1.70. The lowest BCUT2D eigenvalue weighted by Gasteiger charge is -2.42. The maximum atomic E-state index is 9.69. The topological polar surface area (TPSA) is 95.2 Å². The molecule has 22 heavy (non-hydrogen) atoms. The van der Waals surface area contributed by atoms with E-state index in [1.54, 1.807) is 6.08 Å². The van der Waals surface area contributed by atoms with Crippen molar-refractivity contribution in [2.45, 2.75) is 6.42 Å². The average Bonchev–Trinajstić information content (AvgIpc) is 2.60. The van der Waals surface area contributed by atoms with Crippen LogP contribution in [0.25, 0.3) is 11.6 Å². The van der Waals surface area contributed by atoms with E-state index in [-0.39, 0.29) is 6.42 Å². The Labute approximate surface area is 128 Å². The predicted octanol–water partition coefficient (Wildman–Crippen LogP) is 3.18. The van der Waals surface area contributed by atoms with Crippen LogP contribution < -0.4 is 0 Å². The molecule has 3 rings (SSSR count). The number of fused-ring (bicyclic) bond motifs is 3. The Hall–Kier alpha value is -3.34. The molecule has 0 amide bonds. The summed E-state index contributed by atoms with van der Waals surface area (Å²) in [5, 5.41) is 38.4. The van der Waals surface area contributed by atoms with Crippen molar-refractivity contribution in [2.75, 3.05) is 0 Å². The van der Waals surface area contributed by atoms with Gasteiger partial charge in [-0.3, -0.25) is 0 Å². The molecule has 0 heterocycles. The fraction of sp³-hybridized carbons (Fsp3) is 0.222. The van der Waals surface area contributed by atoms with E-state index in [1.807, 2.05) is 60.7 Å². The summed E-state index contributed by atoms with van der Waals surface area (Å²) < 4.78 is 0. The van der Waals surface area contributed by atoms with Crippen molar-refractivity contribution in [1.29, 1.82) is 21.0 Å². The van der Waals surface area contributed by atoms with Gasteiger partial charge in [-0.25, -0.2) is 0 Å². The number of nitriles is 4. The predicted molar refractivity (Wildman–Crippen MR) is 78.9 cm³/mol. The van der Waals surface area contributed by atoms with Crippen molar-refractivity contribution < 1.29 is 0 Å². The lowest BCUT2D eigenvalue weighted by Crippen LogP contribution is -2.46. The highest BCUT2D eigenvalue weighted by Gasteiger charge is 2.61. The van der Waals surface area contributed by atoms with Gasteiger partial charge in [-0.05, 0) is 16.7 Å². The SMILES string of the molecule is N#CC1(C#N)CC=C2c3ccccc3C=CC2C1(C#N)C#N. The van der Waals surface area contributed by atoms with Crippen LogP contribution in [-0.4, -0.2) is 0 Å². The van der Waals surface area contributed by atoms with Gasteiger partial charge in [0, 0.05) is 12.3 Å². The van der Waals surface area contributed by atoms with Crippen molar-refractivity contribution >= 4 is 11.6 Å². The second-order valence-corrected chi connectivity index (χ2v) is 5.45. The second kappa shape index (κ2) is 4.60. The average molecular weight is 282 g/mol. The van der Waals surface area contributed by atoms with Crippen LogP contribution in [0.3, 0.4) is 0 Å². The van der Waals surface area contributed by atoms with Gasteiger partial charge in [0.05, 0.1) is 24.3 Å². The Bertz CT molecular complexity index is 849. The van der Waals surface area contributed by atoms with Gasteiger partial charge in [0.15, 0.2) is 10.8 Å². The quantitative estimate of drug-likeness (QED) is 0.730. The Balaban J connectivity index is 2.31. The minimum Gasteiger partial charge on any atom is -0.196 e. The zero-order valence-corrected chi connectivity index (χ0v) is 11.6. The largest absolute Gasteiger partial charge is 0.196 e. The van der Waals surface area contributed by atoms with Crippen LogP contribution in [0.5, 0.6) is 0 Å². The molecule has 0 fully saturated rings. The van der Waals surface area contributed by atoms with Gasteiger partial charge in [-0.2, -0.15) is 21.0 Å². The molecule has 4 heteroatoms. The van der Waals surface area contributed by atoms with Crippen LogP contribution in [0.4, 0.5) is 0 Å². The standard InChI is InChI=1S/C18H10N4/c19-9-17(10-20)8-7-15-14-4-2-1-3-13(14)5-6-16(15)18(17,11-21)12-22/h1-7,16H,8H2. The first kappa shape index (κ1) is 13.6. The first-order valence-electron chi connectivity index (χ1n) is 6.80. The summed E-state index contributed by atoms with van der Waals surface area (Å²) in [7, 11) is 0. The molecule has 0 aliphatic heterocycles. The summed E-state index contributed by atoms with van der Waals surface area (Å²) in [4.78, 5) is 0. The van der Waals surface area contributed by atoms with E-state index in [0.29, 0.717) is 0 Å². The van der Waals surface area contributed by atoms with Gasteiger partial charge in [0.2, 0.25) is 0 Å². The fourth-order valence-electron chi connectivity index (χ4n) is 3.33. The second-order valence-electron chi connectivity index (χ2n) is 5.45. The molecular formula is C18H10N4. The van der Waals surface area contributed by atoms with Crippen LogP contribution in [0, 0.1) is 62.1 Å². The molecule has 0 radical (unpaired) electrons. The summed E-state index contributed by atoms with van der Waals surface area (Å²) in [6.45, 7) is 0. The number of hydrogen-bond acceptors (Lipinski definition) is 4. The zero-order valence-electron chi connectivity index (χ0n) is 11.6. The van der Waals surface area contributed by atoms with Gasteiger partial charge < -0.3 is 0 Å². The normalized spacial score (nSPS) is 22.5. The number of nitrogens with zero attached hydrogens (tertiary/aromatic N) is 4. The monoisotopic (exact) mass is 282 g/mol. The third kappa shape index (κ3) is 1.42. The van der Waals surface area contributed by atoms with Gasteiger partial charge in [-0.15, -0.1) is 0 Å². The molecule has 1 unspecified atom stereocenters. The lowest BCUT2D eigenvalue weighted by molar-refractivity contribution is 0.251. The summed E-state index contributed by atoms with van der Waals surface area (Å²) in [5.74, 6) is -0.578. The molecule has 4 nitrogen and oxygen atoms in total. The molecule has 102 valence electrons. The number of benzene rings is 1. The van der Waals surface area contributed by atoms with Crippen molar-refractivity contribution in [3.8, 4) is 24.3 Å². The van der Waals surface area contributed by atoms with Crippen molar-refractivity contribution in [1.82, 2.24) is 0 Å². The molecule has 1 atom stereocenters. The first-order chi connectivity index (χ1) is 10.7. The number of hydrogen-bond donors (Lipinski definition) is 0. The van der Waals surface area contributed by atoms with Crippen LogP contribution in [0.15, 0.2) is 36.4 Å². The lowest BCUT2D eigenvalue weighted by atomic mass is 9.52. The Kier molecular flexibility index (Phi) is 2.85. The highest BCUT2D eigenvalue weighted by molar-refractivity contribution is 5.83. The summed E-state index contributed by atoms with van der Waals surface area (Å²) in [6.07, 6.45) is 5.52. The van der Waals surface area contributed by atoms with Gasteiger partial charge in [0.1, 0.15) is 0 Å². The van der Waals surface area contributed by atoms with Crippen LogP contribution in [-0.2, 0) is 0 Å². The van der Waals surface area contributed by atoms with E-state index in [2.05, 4.69) is 0 Å². The van der Waals surface area contributed by atoms with E-state index in [9.17, 15) is 21.0 Å². The third-order valence-corrected chi connectivity index (χ3v) is 4.58. The smallest absolute Gasteiger partial charge is 0.185 e. The maximum Gasteiger partial charge on any atom is 0.185 e. The fourth-order valence-corrected chi connectivity index (χ4v) is 3.33. The number of rotatable bonds is 0. The van der Waals surface area contributed by atoms with Crippen LogP contribution in [0.2, 0.25) is 0 Å². The molecule has 1 aromatic rings. The highest BCUT2D eigenvalue weighted by Crippen LogP contribution is 2.57. The van der Waals surface area contributed by atoms with Crippen molar-refractivity contribution in [3.63, 3.8) is 0 Å². The van der Waals surface area contributed by atoms with Gasteiger partial charge >= 0.3 is 0 Å². The summed E-state index contributed by atoms with van der Waals surface area (Å²) in [5.41, 5.74) is -0.542. The molecule has 0 spiro atoms. The van der Waals surface area contributed by atoms with E-state index in [0.717, 1.165) is 16.7 Å². The van der Waals surface area contributed by atoms with E-state index in [4.69, 9.17) is 0 Å². The molecule has 0 aromatic heterocycles. The maximum absolute atomic E-state index is 9.69. The highest BCUT2D eigenvalue weighted by atomic mass is 14.6. The third-order valence-electron chi connectivity index (χ3n) is 4.58. The van der Waals surface area contributed by atoms with Crippen LogP contribution in [0.1, 0.15) is 17.5 Å². The molecule has 2 aliphatic carbocycles. The Morgan fingerprint density at radius 1 is 0.955 bits per heavy atom. The molecular weight excluding hydrogens is 272 g/mol. The molecule has 0 N–H and O–H groups in total. The molecule has 0 saturated heterocycles. The zero-order chi connectivity index (χ0) is 15.8. The number of allylic oxidation sites excluding steroid dienone is 3. The molecule has 1 aromatic carbocycles. The van der Waals surface area contributed by atoms with E-state index < -0.39 is 16.7 Å². The minimum absolute atomic E-state index is 0.0785. The van der Waals surface area contributed by atoms with Gasteiger partial charge in [0.25, 0.3) is 0 Å². The molecule has 0 saturated carbocycles. The first-order valence-corrected chi connectivity index (χ1v) is 6.80. The van der Waals surface area contributed by atoms with E-state index >= 15 is 0 Å². The Morgan fingerprint density at radius 3 is 2.27 bits per heavy atom. The van der Waals surface area contributed by atoms with Gasteiger partial charge in [-0.1, -0.05) is 42.5 Å². The van der Waals surface area contributed by atoms with Crippen LogP contribution >= 0.6 is 0 Å². The van der Waals surface area contributed by atoms with Crippen molar-refractivity contribution in [2.24, 2.45) is 16.7 Å². The Morgan fingerprint density at radius 2 is 1.64 bits per heavy atom. The summed E-state index contributed by atoms with van der Waals surface area (Å²) >= 11 is 0. The van der Waals surface area contributed by atoms with E-state index in [1.165, 1.54) is 0 Å². The van der Waals surface area contributed by atoms with Crippen molar-refractivity contribution in [3.05, 3.63) is 47.5 Å². The molecule has 0 bridgehead atoms. The molecule has 2 aliphatic rings. The summed E-state index contributed by atoms with van der Waals surface area (Å²) in [6, 6.07) is 15.6.